The predicted octanol–water partition coefficient (Wildman–Crippen LogP) is 2.51. The molecule has 1 aliphatic carbocycles. The Kier molecular flexibility index (Phi) is 6.81. The van der Waals surface area contributed by atoms with Gasteiger partial charge in [-0.25, -0.2) is 21.2 Å². The number of anilines is 4. The number of hydrogen-bond acceptors (Lipinski definition) is 7. The molecule has 0 atom stereocenters. The summed E-state index contributed by atoms with van der Waals surface area (Å²) < 4.78 is 67.1. The molecule has 0 radical (unpaired) electrons. The van der Waals surface area contributed by atoms with Crippen molar-refractivity contribution in [2.45, 2.75) is 32.1 Å². The Morgan fingerprint density at radius 1 is 1.00 bits per heavy atom. The summed E-state index contributed by atoms with van der Waals surface area (Å²) >= 11 is 0. The molecule has 2 aromatic carbocycles. The van der Waals surface area contributed by atoms with E-state index in [1.54, 1.807) is 6.07 Å². The van der Waals surface area contributed by atoms with E-state index in [4.69, 9.17) is 5.11 Å². The first-order chi connectivity index (χ1) is 17.9. The van der Waals surface area contributed by atoms with Gasteiger partial charge in [0.2, 0.25) is 20.0 Å². The third-order valence-corrected chi connectivity index (χ3v) is 10.1. The van der Waals surface area contributed by atoms with Crippen molar-refractivity contribution in [3.8, 4) is 0 Å². The fourth-order valence-corrected chi connectivity index (χ4v) is 7.11. The van der Waals surface area contributed by atoms with E-state index < -0.39 is 44.1 Å². The van der Waals surface area contributed by atoms with E-state index in [9.17, 15) is 26.0 Å². The Morgan fingerprint density at radius 3 is 2.32 bits per heavy atom. The number of halogens is 1. The van der Waals surface area contributed by atoms with Crippen molar-refractivity contribution in [3.05, 3.63) is 47.3 Å². The maximum Gasteiger partial charge on any atom is 0.257 e. The van der Waals surface area contributed by atoms with Crippen LogP contribution >= 0.6 is 0 Å². The second kappa shape index (κ2) is 9.69. The third-order valence-electron chi connectivity index (χ3n) is 7.66. The lowest BCUT2D eigenvalue weighted by Crippen LogP contribution is -2.35. The van der Waals surface area contributed by atoms with Gasteiger partial charge in [0.15, 0.2) is 0 Å². The molecule has 1 spiro atoms. The summed E-state index contributed by atoms with van der Waals surface area (Å²) in [7, 11) is -7.37. The maximum absolute atomic E-state index is 14.8. The lowest BCUT2D eigenvalue weighted by molar-refractivity contribution is 0.102. The van der Waals surface area contributed by atoms with Gasteiger partial charge in [0, 0.05) is 30.9 Å². The molecule has 0 bridgehead atoms. The molecular weight excluding hydrogens is 535 g/mol. The van der Waals surface area contributed by atoms with Gasteiger partial charge in [-0.15, -0.1) is 0 Å². The number of fused-ring (bicyclic) bond motifs is 1. The van der Waals surface area contributed by atoms with Crippen LogP contribution in [0.1, 0.15) is 41.6 Å². The van der Waals surface area contributed by atoms with Crippen LogP contribution in [0.25, 0.3) is 0 Å². The number of hydrogen-bond donors (Lipinski definition) is 3. The molecule has 13 heteroatoms. The largest absolute Gasteiger partial charge is 0.395 e. The third kappa shape index (κ3) is 5.45. The van der Waals surface area contributed by atoms with Gasteiger partial charge >= 0.3 is 0 Å². The molecule has 206 valence electrons. The second-order valence-corrected chi connectivity index (χ2v) is 14.1. The standard InChI is InChI=1S/C25H31FN4O6S2/c1-37(33,34)30-9-4-19-21(26)14-18(16-23(19)30)27-24(32)20-3-2-17(28-38(35,36)13-12-31)15-22(20)29-10-7-25(5-6-25)8-11-29/h2-3,14-16,28,31H,4-13H2,1H3,(H,27,32). The minimum atomic E-state index is -3.76. The average molecular weight is 567 g/mol. The number of aliphatic hydroxyl groups is 1. The minimum absolute atomic E-state index is 0.121. The van der Waals surface area contributed by atoms with E-state index in [0.29, 0.717) is 24.2 Å². The topological polar surface area (TPSA) is 136 Å². The van der Waals surface area contributed by atoms with Crippen molar-refractivity contribution < 1.29 is 31.1 Å². The molecule has 5 rings (SSSR count). The zero-order chi connectivity index (χ0) is 27.3. The molecule has 1 amide bonds. The first-order valence-electron chi connectivity index (χ1n) is 12.5. The van der Waals surface area contributed by atoms with Crippen LogP contribution < -0.4 is 19.2 Å². The van der Waals surface area contributed by atoms with Gasteiger partial charge in [0.1, 0.15) is 5.82 Å². The van der Waals surface area contributed by atoms with E-state index in [2.05, 4.69) is 14.9 Å². The van der Waals surface area contributed by atoms with Crippen LogP contribution in [0.3, 0.4) is 0 Å². The Labute approximate surface area is 221 Å². The highest BCUT2D eigenvalue weighted by Crippen LogP contribution is 2.54. The highest BCUT2D eigenvalue weighted by atomic mass is 32.2. The van der Waals surface area contributed by atoms with Crippen molar-refractivity contribution in [3.63, 3.8) is 0 Å². The molecule has 10 nitrogen and oxygen atoms in total. The lowest BCUT2D eigenvalue weighted by Gasteiger charge is -2.35. The lowest BCUT2D eigenvalue weighted by atomic mass is 9.93. The Morgan fingerprint density at radius 2 is 1.68 bits per heavy atom. The highest BCUT2D eigenvalue weighted by Gasteiger charge is 2.44. The number of carbonyl (C=O) groups is 1. The second-order valence-electron chi connectivity index (χ2n) is 10.4. The number of sulfonamides is 2. The average Bonchev–Trinajstić information content (AvgIpc) is 3.42. The molecule has 0 aromatic heterocycles. The van der Waals surface area contributed by atoms with Crippen LogP contribution in [-0.2, 0) is 26.5 Å². The summed E-state index contributed by atoms with van der Waals surface area (Å²) in [5.74, 6) is -1.58. The molecule has 2 aromatic rings. The van der Waals surface area contributed by atoms with Crippen molar-refractivity contribution in [2.75, 3.05) is 57.5 Å². The maximum atomic E-state index is 14.8. The summed E-state index contributed by atoms with van der Waals surface area (Å²) in [5, 5.41) is 11.7. The fourth-order valence-electron chi connectivity index (χ4n) is 5.34. The zero-order valence-corrected chi connectivity index (χ0v) is 22.7. The van der Waals surface area contributed by atoms with Crippen LogP contribution in [0.2, 0.25) is 0 Å². The normalized spacial score (nSPS) is 18.4. The monoisotopic (exact) mass is 566 g/mol. The molecule has 0 unspecified atom stereocenters. The zero-order valence-electron chi connectivity index (χ0n) is 21.0. The van der Waals surface area contributed by atoms with Gasteiger partial charge in [-0.3, -0.25) is 13.8 Å². The molecule has 2 aliphatic heterocycles. The van der Waals surface area contributed by atoms with Crippen LogP contribution in [-0.4, -0.2) is 66.1 Å². The Hall–Kier alpha value is -2.90. The van der Waals surface area contributed by atoms with Gasteiger partial charge in [-0.1, -0.05) is 0 Å². The molecule has 3 aliphatic rings. The molecule has 38 heavy (non-hydrogen) atoms. The number of rotatable bonds is 8. The molecule has 3 N–H and O–H groups in total. The van der Waals surface area contributed by atoms with Crippen molar-refractivity contribution >= 4 is 48.7 Å². The number of amides is 1. The van der Waals surface area contributed by atoms with E-state index >= 15 is 0 Å². The summed E-state index contributed by atoms with van der Waals surface area (Å²) in [6.07, 6.45) is 5.65. The van der Waals surface area contributed by atoms with E-state index in [-0.39, 0.29) is 41.2 Å². The first kappa shape index (κ1) is 26.7. The van der Waals surface area contributed by atoms with Crippen LogP contribution in [0.5, 0.6) is 0 Å². The van der Waals surface area contributed by atoms with Crippen molar-refractivity contribution in [2.24, 2.45) is 5.41 Å². The first-order valence-corrected chi connectivity index (χ1v) is 16.0. The molecule has 1 saturated carbocycles. The Balaban J connectivity index is 1.45. The molecule has 2 heterocycles. The van der Waals surface area contributed by atoms with Gasteiger partial charge in [-0.05, 0) is 67.9 Å². The quantitative estimate of drug-likeness (QED) is 0.447. The van der Waals surface area contributed by atoms with Gasteiger partial charge in [0.25, 0.3) is 5.91 Å². The summed E-state index contributed by atoms with van der Waals surface area (Å²) in [6.45, 7) is 1.04. The van der Waals surface area contributed by atoms with Gasteiger partial charge in [-0.2, -0.15) is 0 Å². The number of carbonyl (C=O) groups excluding carboxylic acids is 1. The van der Waals surface area contributed by atoms with Crippen molar-refractivity contribution in [1.82, 2.24) is 0 Å². The summed E-state index contributed by atoms with van der Waals surface area (Å²) in [6, 6.07) is 7.21. The van der Waals surface area contributed by atoms with Gasteiger partial charge < -0.3 is 15.3 Å². The minimum Gasteiger partial charge on any atom is -0.395 e. The van der Waals surface area contributed by atoms with Crippen LogP contribution in [0.15, 0.2) is 30.3 Å². The number of benzene rings is 2. The predicted molar refractivity (Wildman–Crippen MR) is 144 cm³/mol. The number of nitrogens with one attached hydrogen (secondary N) is 2. The smallest absolute Gasteiger partial charge is 0.257 e. The number of piperidine rings is 1. The number of nitrogens with zero attached hydrogens (tertiary/aromatic N) is 2. The van der Waals surface area contributed by atoms with Crippen LogP contribution in [0, 0.1) is 11.2 Å². The molecule has 2 fully saturated rings. The van der Waals surface area contributed by atoms with Crippen molar-refractivity contribution in [1.29, 1.82) is 0 Å². The highest BCUT2D eigenvalue weighted by molar-refractivity contribution is 7.92. The van der Waals surface area contributed by atoms with E-state index in [1.807, 2.05) is 0 Å². The van der Waals surface area contributed by atoms with E-state index in [1.165, 1.54) is 37.1 Å². The molecule has 1 saturated heterocycles. The fraction of sp³-hybridized carbons (Fsp3) is 0.480. The summed E-state index contributed by atoms with van der Waals surface area (Å²) in [5.41, 5.74) is 2.09. The summed E-state index contributed by atoms with van der Waals surface area (Å²) in [4.78, 5) is 15.5. The SMILES string of the molecule is CS(=O)(=O)N1CCc2c(F)cc(NC(=O)c3ccc(NS(=O)(=O)CCO)cc3N3CCC4(CC3)CC4)cc21. The number of aliphatic hydroxyl groups excluding tert-OH is 1. The Bertz CT molecular complexity index is 1480. The molecular formula is C25H31FN4O6S2. The van der Waals surface area contributed by atoms with Crippen LogP contribution in [0.4, 0.5) is 27.1 Å². The van der Waals surface area contributed by atoms with E-state index in [0.717, 1.165) is 23.4 Å². The van der Waals surface area contributed by atoms with Gasteiger partial charge in [0.05, 0.1) is 41.2 Å².